The summed E-state index contributed by atoms with van der Waals surface area (Å²) in [6.45, 7) is 4.00. The predicted molar refractivity (Wildman–Crippen MR) is 118 cm³/mol. The van der Waals surface area contributed by atoms with Crippen LogP contribution >= 0.6 is 11.3 Å². The van der Waals surface area contributed by atoms with Crippen LogP contribution in [0.25, 0.3) is 22.2 Å². The number of hydrogen-bond donors (Lipinski definition) is 1. The van der Waals surface area contributed by atoms with Crippen molar-refractivity contribution in [3.05, 3.63) is 82.2 Å². The zero-order valence-electron chi connectivity index (χ0n) is 16.2. The molecule has 0 unspecified atom stereocenters. The molecule has 2 heterocycles. The minimum atomic E-state index is -0.235. The summed E-state index contributed by atoms with van der Waals surface area (Å²) < 4.78 is 0. The molecule has 0 atom stereocenters. The topological polar surface area (TPSA) is 65.8 Å². The van der Waals surface area contributed by atoms with E-state index in [0.717, 1.165) is 39.0 Å². The van der Waals surface area contributed by atoms with Gasteiger partial charge < -0.3 is 5.32 Å². The fourth-order valence-electron chi connectivity index (χ4n) is 3.50. The van der Waals surface area contributed by atoms with Crippen molar-refractivity contribution in [3.63, 3.8) is 0 Å². The van der Waals surface area contributed by atoms with Crippen LogP contribution in [0.3, 0.4) is 0 Å². The Morgan fingerprint density at radius 1 is 1.14 bits per heavy atom. The molecule has 0 saturated heterocycles. The van der Waals surface area contributed by atoms with E-state index < -0.39 is 0 Å². The van der Waals surface area contributed by atoms with E-state index >= 15 is 0 Å². The molecule has 29 heavy (non-hydrogen) atoms. The van der Waals surface area contributed by atoms with E-state index in [1.807, 2.05) is 74.5 Å². The second-order valence-electron chi connectivity index (χ2n) is 6.70. The zero-order valence-corrected chi connectivity index (χ0v) is 17.0. The molecule has 0 aliphatic rings. The Morgan fingerprint density at radius 2 is 1.86 bits per heavy atom. The number of carbonyl (C=O) groups is 1. The number of para-hydroxylation sites is 1. The van der Waals surface area contributed by atoms with Crippen LogP contribution in [-0.2, 0) is 6.42 Å². The van der Waals surface area contributed by atoms with Gasteiger partial charge in [-0.15, -0.1) is 11.3 Å². The van der Waals surface area contributed by atoms with Crippen molar-refractivity contribution in [2.45, 2.75) is 20.3 Å². The normalized spacial score (nSPS) is 10.7. The Bertz CT molecular complexity index is 1250. The Morgan fingerprint density at radius 3 is 2.59 bits per heavy atom. The average molecular weight is 398 g/mol. The van der Waals surface area contributed by atoms with Crippen LogP contribution in [0.4, 0.5) is 5.00 Å². The second-order valence-corrected chi connectivity index (χ2v) is 7.92. The fourth-order valence-corrected chi connectivity index (χ4v) is 4.59. The van der Waals surface area contributed by atoms with Crippen molar-refractivity contribution in [1.29, 1.82) is 5.26 Å². The number of nitriles is 1. The van der Waals surface area contributed by atoms with Crippen molar-refractivity contribution in [3.8, 4) is 17.3 Å². The van der Waals surface area contributed by atoms with Crippen molar-refractivity contribution < 1.29 is 4.79 Å². The summed E-state index contributed by atoms with van der Waals surface area (Å²) in [5, 5.41) is 14.0. The highest BCUT2D eigenvalue weighted by atomic mass is 32.1. The van der Waals surface area contributed by atoms with Gasteiger partial charge in [-0.25, -0.2) is 4.98 Å². The van der Waals surface area contributed by atoms with Crippen molar-refractivity contribution in [1.82, 2.24) is 4.98 Å². The molecule has 0 aliphatic carbocycles. The third kappa shape index (κ3) is 3.51. The summed E-state index contributed by atoms with van der Waals surface area (Å²) in [4.78, 5) is 19.0. The Kier molecular flexibility index (Phi) is 5.11. The Hall–Kier alpha value is -3.49. The molecule has 0 radical (unpaired) electrons. The Balaban J connectivity index is 1.81. The third-order valence-electron chi connectivity index (χ3n) is 4.93. The molecule has 4 rings (SSSR count). The summed E-state index contributed by atoms with van der Waals surface area (Å²) in [7, 11) is 0. The summed E-state index contributed by atoms with van der Waals surface area (Å²) in [5.74, 6) is -0.235. The van der Waals surface area contributed by atoms with Gasteiger partial charge in [-0.2, -0.15) is 5.26 Å². The first-order chi connectivity index (χ1) is 14.1. The predicted octanol–water partition coefficient (Wildman–Crippen LogP) is 5.96. The van der Waals surface area contributed by atoms with E-state index in [1.165, 1.54) is 11.3 Å². The quantitative estimate of drug-likeness (QED) is 0.462. The molecule has 0 spiro atoms. The molecule has 1 N–H and O–H groups in total. The SMILES string of the molecule is CCc1c(C)sc(NC(=O)c2cc(-c3ccccc3)nc3ccccc23)c1C#N. The monoisotopic (exact) mass is 397 g/mol. The van der Waals surface area contributed by atoms with Gasteiger partial charge in [0, 0.05) is 15.8 Å². The summed E-state index contributed by atoms with van der Waals surface area (Å²) in [6.07, 6.45) is 0.761. The number of hydrogen-bond acceptors (Lipinski definition) is 4. The molecule has 0 bridgehead atoms. The highest BCUT2D eigenvalue weighted by Gasteiger charge is 2.19. The number of benzene rings is 2. The first kappa shape index (κ1) is 18.9. The van der Waals surface area contributed by atoms with E-state index in [2.05, 4.69) is 11.4 Å². The molecule has 0 aliphatic heterocycles. The van der Waals surface area contributed by atoms with Gasteiger partial charge >= 0.3 is 0 Å². The lowest BCUT2D eigenvalue weighted by Gasteiger charge is -2.10. The molecular weight excluding hydrogens is 378 g/mol. The van der Waals surface area contributed by atoms with Crippen LogP contribution in [-0.4, -0.2) is 10.9 Å². The minimum absolute atomic E-state index is 0.235. The first-order valence-electron chi connectivity index (χ1n) is 9.41. The lowest BCUT2D eigenvalue weighted by molar-refractivity contribution is 0.102. The largest absolute Gasteiger partial charge is 0.312 e. The molecule has 4 nitrogen and oxygen atoms in total. The van der Waals surface area contributed by atoms with Gasteiger partial charge in [0.2, 0.25) is 0 Å². The number of thiophene rings is 1. The molecule has 142 valence electrons. The number of rotatable bonds is 4. The van der Waals surface area contributed by atoms with Crippen LogP contribution in [0.2, 0.25) is 0 Å². The number of anilines is 1. The number of nitrogens with zero attached hydrogens (tertiary/aromatic N) is 2. The number of fused-ring (bicyclic) bond motifs is 1. The molecule has 2 aromatic heterocycles. The van der Waals surface area contributed by atoms with Crippen LogP contribution < -0.4 is 5.32 Å². The maximum atomic E-state index is 13.2. The number of nitrogens with one attached hydrogen (secondary N) is 1. The smallest absolute Gasteiger partial charge is 0.257 e. The van der Waals surface area contributed by atoms with E-state index in [4.69, 9.17) is 4.98 Å². The maximum absolute atomic E-state index is 13.2. The molecule has 0 fully saturated rings. The summed E-state index contributed by atoms with van der Waals surface area (Å²) >= 11 is 1.45. The second kappa shape index (κ2) is 7.86. The number of carbonyl (C=O) groups excluding carboxylic acids is 1. The number of amides is 1. The zero-order chi connectivity index (χ0) is 20.4. The van der Waals surface area contributed by atoms with Gasteiger partial charge in [-0.3, -0.25) is 4.79 Å². The van der Waals surface area contributed by atoms with E-state index in [-0.39, 0.29) is 5.91 Å². The third-order valence-corrected chi connectivity index (χ3v) is 5.99. The van der Waals surface area contributed by atoms with Gasteiger partial charge in [-0.1, -0.05) is 55.5 Å². The summed E-state index contributed by atoms with van der Waals surface area (Å²) in [5.41, 5.74) is 4.55. The van der Waals surface area contributed by atoms with E-state index in [1.54, 1.807) is 0 Å². The minimum Gasteiger partial charge on any atom is -0.312 e. The van der Waals surface area contributed by atoms with Gasteiger partial charge in [0.05, 0.1) is 22.3 Å². The standard InChI is InChI=1S/C24H19N3OS/c1-3-17-15(2)29-24(20(17)14-25)27-23(28)19-13-22(16-9-5-4-6-10-16)26-21-12-8-7-11-18(19)21/h4-13H,3H2,1-2H3,(H,27,28). The average Bonchev–Trinajstić information content (AvgIpc) is 3.07. The van der Waals surface area contributed by atoms with Gasteiger partial charge in [0.1, 0.15) is 11.1 Å². The lowest BCUT2D eigenvalue weighted by Crippen LogP contribution is -2.13. The van der Waals surface area contributed by atoms with Crippen LogP contribution in [0, 0.1) is 18.3 Å². The number of aromatic nitrogens is 1. The number of pyridine rings is 1. The molecule has 4 aromatic rings. The maximum Gasteiger partial charge on any atom is 0.257 e. The molecule has 0 saturated carbocycles. The lowest BCUT2D eigenvalue weighted by atomic mass is 10.0. The first-order valence-corrected chi connectivity index (χ1v) is 10.2. The van der Waals surface area contributed by atoms with Crippen LogP contribution in [0.5, 0.6) is 0 Å². The van der Waals surface area contributed by atoms with Gasteiger partial charge in [0.15, 0.2) is 0 Å². The van der Waals surface area contributed by atoms with Gasteiger partial charge in [0.25, 0.3) is 5.91 Å². The number of aryl methyl sites for hydroxylation is 1. The van der Waals surface area contributed by atoms with E-state index in [0.29, 0.717) is 16.1 Å². The molecular formula is C24H19N3OS. The molecule has 5 heteroatoms. The van der Waals surface area contributed by atoms with Crippen molar-refractivity contribution in [2.24, 2.45) is 0 Å². The van der Waals surface area contributed by atoms with Crippen molar-refractivity contribution >= 4 is 33.1 Å². The molecule has 1 amide bonds. The van der Waals surface area contributed by atoms with Crippen LogP contribution in [0.1, 0.15) is 33.3 Å². The van der Waals surface area contributed by atoms with Gasteiger partial charge in [-0.05, 0) is 31.0 Å². The summed E-state index contributed by atoms with van der Waals surface area (Å²) in [6, 6.07) is 21.5. The molecule has 2 aromatic carbocycles. The highest BCUT2D eigenvalue weighted by Crippen LogP contribution is 2.34. The Labute approximate surface area is 173 Å². The highest BCUT2D eigenvalue weighted by molar-refractivity contribution is 7.16. The fraction of sp³-hybridized carbons (Fsp3) is 0.125. The van der Waals surface area contributed by atoms with E-state index in [9.17, 15) is 10.1 Å². The van der Waals surface area contributed by atoms with Crippen molar-refractivity contribution in [2.75, 3.05) is 5.32 Å². The van der Waals surface area contributed by atoms with Crippen LogP contribution in [0.15, 0.2) is 60.7 Å².